The average Bonchev–Trinajstić information content (AvgIpc) is 2.63. The molecule has 2 rings (SSSR count). The number of nitrogens with two attached hydrogens (primary N) is 1. The largest absolute Gasteiger partial charge is 0.327 e. The smallest absolute Gasteiger partial charge is 0.0406 e. The summed E-state index contributed by atoms with van der Waals surface area (Å²) in [5.41, 5.74) is 7.17. The Hall–Kier alpha value is -0.530. The molecule has 1 aliphatic carbocycles. The normalized spacial score (nSPS) is 33.4. The summed E-state index contributed by atoms with van der Waals surface area (Å²) in [6.45, 7) is 2.18. The third kappa shape index (κ3) is 1.23. The van der Waals surface area contributed by atoms with Crippen LogP contribution in [-0.2, 0) is 0 Å². The van der Waals surface area contributed by atoms with E-state index in [2.05, 4.69) is 19.1 Å². The summed E-state index contributed by atoms with van der Waals surface area (Å²) in [7, 11) is 0. The maximum atomic E-state index is 5.85. The van der Waals surface area contributed by atoms with Crippen LogP contribution in [0.3, 0.4) is 0 Å². The Morgan fingerprint density at radius 1 is 1.25 bits per heavy atom. The number of benzene rings is 1. The first-order valence-corrected chi connectivity index (χ1v) is 4.59. The van der Waals surface area contributed by atoms with Crippen LogP contribution in [0.2, 0.25) is 5.02 Å². The predicted octanol–water partition coefficient (Wildman–Crippen LogP) is 2.40. The second-order valence-electron chi connectivity index (χ2n) is 3.51. The van der Waals surface area contributed by atoms with Gasteiger partial charge in [-0.15, -0.1) is 0 Å². The first-order chi connectivity index (χ1) is 5.70. The molecule has 0 heterocycles. The van der Waals surface area contributed by atoms with Crippen LogP contribution in [0.5, 0.6) is 0 Å². The van der Waals surface area contributed by atoms with Crippen molar-refractivity contribution in [2.75, 3.05) is 0 Å². The molecule has 64 valence electrons. The summed E-state index contributed by atoms with van der Waals surface area (Å²) in [6.07, 6.45) is 0. The topological polar surface area (TPSA) is 26.0 Å². The van der Waals surface area contributed by atoms with Crippen LogP contribution in [0, 0.1) is 5.92 Å². The van der Waals surface area contributed by atoms with Gasteiger partial charge in [0.2, 0.25) is 0 Å². The molecule has 1 nitrogen and oxygen atoms in total. The van der Waals surface area contributed by atoms with Crippen LogP contribution in [0.25, 0.3) is 0 Å². The van der Waals surface area contributed by atoms with Crippen molar-refractivity contribution in [3.63, 3.8) is 0 Å². The Kier molecular flexibility index (Phi) is 1.85. The lowest BCUT2D eigenvalue weighted by atomic mass is 10.1. The molecule has 0 amide bonds. The van der Waals surface area contributed by atoms with Crippen molar-refractivity contribution >= 4 is 11.6 Å². The van der Waals surface area contributed by atoms with Crippen LogP contribution in [0.1, 0.15) is 18.4 Å². The zero-order valence-electron chi connectivity index (χ0n) is 7.00. The molecule has 0 aliphatic heterocycles. The van der Waals surface area contributed by atoms with Crippen LogP contribution in [-0.4, -0.2) is 6.04 Å². The molecule has 0 spiro atoms. The van der Waals surface area contributed by atoms with E-state index in [4.69, 9.17) is 17.3 Å². The summed E-state index contributed by atoms with van der Waals surface area (Å²) in [5.74, 6) is 1.19. The molecule has 2 heteroatoms. The minimum Gasteiger partial charge on any atom is -0.327 e. The van der Waals surface area contributed by atoms with Gasteiger partial charge in [0.15, 0.2) is 0 Å². The summed E-state index contributed by atoms with van der Waals surface area (Å²) in [5, 5.41) is 0.792. The molecule has 1 aliphatic rings. The number of rotatable bonds is 1. The van der Waals surface area contributed by atoms with Crippen molar-refractivity contribution < 1.29 is 0 Å². The summed E-state index contributed by atoms with van der Waals surface area (Å²) in [4.78, 5) is 0. The van der Waals surface area contributed by atoms with Gasteiger partial charge >= 0.3 is 0 Å². The highest BCUT2D eigenvalue weighted by Crippen LogP contribution is 2.45. The molecule has 1 aromatic carbocycles. The van der Waals surface area contributed by atoms with Crippen LogP contribution in [0.15, 0.2) is 24.3 Å². The molecule has 2 N–H and O–H groups in total. The monoisotopic (exact) mass is 181 g/mol. The molecule has 12 heavy (non-hydrogen) atoms. The van der Waals surface area contributed by atoms with E-state index in [1.807, 2.05) is 12.1 Å². The van der Waals surface area contributed by atoms with E-state index < -0.39 is 0 Å². The fourth-order valence-electron chi connectivity index (χ4n) is 1.70. The lowest BCUT2D eigenvalue weighted by Crippen LogP contribution is -2.02. The molecule has 1 aromatic rings. The van der Waals surface area contributed by atoms with Gasteiger partial charge in [0.05, 0.1) is 0 Å². The van der Waals surface area contributed by atoms with Crippen molar-refractivity contribution in [1.29, 1.82) is 0 Å². The van der Waals surface area contributed by atoms with Crippen LogP contribution >= 0.6 is 11.6 Å². The van der Waals surface area contributed by atoms with Gasteiger partial charge in [-0.25, -0.2) is 0 Å². The molecular formula is C10H12ClN. The molecule has 0 bridgehead atoms. The minimum atomic E-state index is 0.353. The van der Waals surface area contributed by atoms with Gasteiger partial charge in [-0.1, -0.05) is 30.7 Å². The molecule has 0 aromatic heterocycles. The third-order valence-corrected chi connectivity index (χ3v) is 2.95. The molecule has 0 radical (unpaired) electrons. The molecule has 0 unspecified atom stereocenters. The van der Waals surface area contributed by atoms with Gasteiger partial charge < -0.3 is 5.73 Å². The lowest BCUT2D eigenvalue weighted by Gasteiger charge is -1.97. The van der Waals surface area contributed by atoms with E-state index in [1.54, 1.807) is 0 Å². The maximum Gasteiger partial charge on any atom is 0.0406 e. The SMILES string of the molecule is C[C@H]1[C@@H](N)[C@H]1c1ccc(Cl)cc1. The zero-order chi connectivity index (χ0) is 8.72. The molecule has 3 atom stereocenters. The van der Waals surface area contributed by atoms with E-state index in [0.29, 0.717) is 17.9 Å². The molecule has 1 saturated carbocycles. The van der Waals surface area contributed by atoms with Crippen LogP contribution < -0.4 is 5.73 Å². The van der Waals surface area contributed by atoms with E-state index in [-0.39, 0.29) is 0 Å². The first-order valence-electron chi connectivity index (χ1n) is 4.21. The quantitative estimate of drug-likeness (QED) is 0.708. The van der Waals surface area contributed by atoms with Crippen molar-refractivity contribution in [2.45, 2.75) is 18.9 Å². The Balaban J connectivity index is 2.20. The summed E-state index contributed by atoms with van der Waals surface area (Å²) >= 11 is 5.78. The van der Waals surface area contributed by atoms with Crippen molar-refractivity contribution in [3.8, 4) is 0 Å². The first kappa shape index (κ1) is 8.09. The predicted molar refractivity (Wildman–Crippen MR) is 51.3 cm³/mol. The summed E-state index contributed by atoms with van der Waals surface area (Å²) < 4.78 is 0. The number of hydrogen-bond donors (Lipinski definition) is 1. The average molecular weight is 182 g/mol. The van der Waals surface area contributed by atoms with Gasteiger partial charge in [-0.05, 0) is 23.6 Å². The second kappa shape index (κ2) is 2.75. The number of hydrogen-bond acceptors (Lipinski definition) is 1. The zero-order valence-corrected chi connectivity index (χ0v) is 7.75. The fourth-order valence-corrected chi connectivity index (χ4v) is 1.83. The van der Waals surface area contributed by atoms with E-state index >= 15 is 0 Å². The van der Waals surface area contributed by atoms with Crippen molar-refractivity contribution in [2.24, 2.45) is 11.7 Å². The van der Waals surface area contributed by atoms with Gasteiger partial charge in [-0.2, -0.15) is 0 Å². The summed E-state index contributed by atoms with van der Waals surface area (Å²) in [6, 6.07) is 8.34. The van der Waals surface area contributed by atoms with Crippen molar-refractivity contribution in [1.82, 2.24) is 0 Å². The van der Waals surface area contributed by atoms with Gasteiger partial charge in [0.25, 0.3) is 0 Å². The van der Waals surface area contributed by atoms with Crippen molar-refractivity contribution in [3.05, 3.63) is 34.9 Å². The highest BCUT2D eigenvalue weighted by molar-refractivity contribution is 6.30. The molecule has 0 saturated heterocycles. The van der Waals surface area contributed by atoms with E-state index in [0.717, 1.165) is 5.02 Å². The third-order valence-electron chi connectivity index (χ3n) is 2.70. The standard InChI is InChI=1S/C10H12ClN/c1-6-9(10(6)12)7-2-4-8(11)5-3-7/h2-6,9-10H,12H2,1H3/t6-,9-,10-/m1/s1. The highest BCUT2D eigenvalue weighted by Gasteiger charge is 2.44. The second-order valence-corrected chi connectivity index (χ2v) is 3.95. The highest BCUT2D eigenvalue weighted by atomic mass is 35.5. The Morgan fingerprint density at radius 2 is 1.75 bits per heavy atom. The van der Waals surface area contributed by atoms with Gasteiger partial charge in [0, 0.05) is 17.0 Å². The van der Waals surface area contributed by atoms with Gasteiger partial charge in [0.1, 0.15) is 0 Å². The lowest BCUT2D eigenvalue weighted by molar-refractivity contribution is 0.885. The maximum absolute atomic E-state index is 5.85. The van der Waals surface area contributed by atoms with E-state index in [1.165, 1.54) is 5.56 Å². The molecule has 1 fully saturated rings. The fraction of sp³-hybridized carbons (Fsp3) is 0.400. The Morgan fingerprint density at radius 3 is 2.17 bits per heavy atom. The number of halogens is 1. The Bertz CT molecular complexity index is 272. The Labute approximate surface area is 77.5 Å². The van der Waals surface area contributed by atoms with Crippen LogP contribution in [0.4, 0.5) is 0 Å². The van der Waals surface area contributed by atoms with Gasteiger partial charge in [-0.3, -0.25) is 0 Å². The minimum absolute atomic E-state index is 0.353. The van der Waals surface area contributed by atoms with E-state index in [9.17, 15) is 0 Å². The molecular weight excluding hydrogens is 170 g/mol.